The molecular weight excluding hydrogens is 434 g/mol. The largest absolute Gasteiger partial charge is 0.453 e. The Morgan fingerprint density at radius 3 is 2.61 bits per heavy atom. The number of rotatable bonds is 6. The Balaban J connectivity index is 1.63. The van der Waals surface area contributed by atoms with E-state index in [1.165, 1.54) is 29.7 Å². The molecular formula is C22H23N3O4S2. The number of carbonyl (C=O) groups is 1. The zero-order valence-electron chi connectivity index (χ0n) is 17.7. The summed E-state index contributed by atoms with van der Waals surface area (Å²) in [5, 5.41) is 1.05. The van der Waals surface area contributed by atoms with E-state index < -0.39 is 10.0 Å². The van der Waals surface area contributed by atoms with E-state index in [1.54, 1.807) is 18.2 Å². The third-order valence-electron chi connectivity index (χ3n) is 5.25. The van der Waals surface area contributed by atoms with Crippen LogP contribution >= 0.6 is 11.3 Å². The molecule has 2 heterocycles. The minimum absolute atomic E-state index is 0.00476. The molecule has 2 aromatic carbocycles. The number of hydrogen-bond donors (Lipinski definition) is 0. The Hall–Kier alpha value is -2.75. The summed E-state index contributed by atoms with van der Waals surface area (Å²) in [5.41, 5.74) is 2.26. The predicted molar refractivity (Wildman–Crippen MR) is 122 cm³/mol. The number of nitrogens with zero attached hydrogens (tertiary/aromatic N) is 3. The van der Waals surface area contributed by atoms with Crippen molar-refractivity contribution in [2.75, 3.05) is 14.1 Å². The van der Waals surface area contributed by atoms with E-state index in [4.69, 9.17) is 4.74 Å². The number of thiophene rings is 1. The Labute approximate surface area is 184 Å². The van der Waals surface area contributed by atoms with E-state index in [1.807, 2.05) is 42.7 Å². The second-order valence-corrected chi connectivity index (χ2v) is 10.5. The Bertz CT molecular complexity index is 1400. The highest BCUT2D eigenvalue weighted by atomic mass is 32.2. The van der Waals surface area contributed by atoms with Gasteiger partial charge in [-0.05, 0) is 49.1 Å². The fourth-order valence-electron chi connectivity index (χ4n) is 3.56. The van der Waals surface area contributed by atoms with Gasteiger partial charge in [0.1, 0.15) is 17.3 Å². The number of aryl methyl sites for hydroxylation is 2. The van der Waals surface area contributed by atoms with Gasteiger partial charge in [-0.25, -0.2) is 22.5 Å². The van der Waals surface area contributed by atoms with Crippen LogP contribution in [-0.2, 0) is 27.9 Å². The average molecular weight is 458 g/mol. The molecule has 4 aromatic rings. The van der Waals surface area contributed by atoms with Crippen LogP contribution in [0.25, 0.3) is 21.1 Å². The normalized spacial score (nSPS) is 12.2. The van der Waals surface area contributed by atoms with Crippen LogP contribution in [-0.4, -0.2) is 42.3 Å². The molecule has 2 aromatic heterocycles. The summed E-state index contributed by atoms with van der Waals surface area (Å²) in [6.45, 7) is 4.51. The van der Waals surface area contributed by atoms with E-state index in [2.05, 4.69) is 4.98 Å². The van der Waals surface area contributed by atoms with Crippen molar-refractivity contribution in [3.8, 4) is 0 Å². The maximum atomic E-state index is 12.8. The van der Waals surface area contributed by atoms with Gasteiger partial charge in [0.2, 0.25) is 10.0 Å². The molecule has 0 radical (unpaired) electrons. The smallest absolute Gasteiger partial charge is 0.349 e. The zero-order chi connectivity index (χ0) is 22.3. The molecule has 0 N–H and O–H groups in total. The van der Waals surface area contributed by atoms with Gasteiger partial charge in [0.15, 0.2) is 0 Å². The van der Waals surface area contributed by atoms with Gasteiger partial charge in [-0.1, -0.05) is 18.2 Å². The van der Waals surface area contributed by atoms with Crippen molar-refractivity contribution in [3.63, 3.8) is 0 Å². The van der Waals surface area contributed by atoms with Crippen molar-refractivity contribution in [1.82, 2.24) is 13.9 Å². The van der Waals surface area contributed by atoms with E-state index in [0.717, 1.165) is 21.2 Å². The third kappa shape index (κ3) is 3.73. The molecule has 9 heteroatoms. The molecule has 31 heavy (non-hydrogen) atoms. The molecule has 0 fully saturated rings. The number of sulfonamides is 1. The number of imidazole rings is 1. The summed E-state index contributed by atoms with van der Waals surface area (Å²) in [5.74, 6) is 0.188. The predicted octanol–water partition coefficient (Wildman–Crippen LogP) is 4.19. The molecule has 0 aliphatic rings. The van der Waals surface area contributed by atoms with Gasteiger partial charge < -0.3 is 9.30 Å². The summed E-state index contributed by atoms with van der Waals surface area (Å²) < 4.78 is 34.6. The summed E-state index contributed by atoms with van der Waals surface area (Å²) in [6, 6.07) is 12.7. The van der Waals surface area contributed by atoms with E-state index in [9.17, 15) is 13.2 Å². The number of carbonyl (C=O) groups excluding carboxylic acids is 1. The van der Waals surface area contributed by atoms with Crippen LogP contribution in [0.4, 0.5) is 0 Å². The zero-order valence-corrected chi connectivity index (χ0v) is 19.4. The molecule has 0 amide bonds. The molecule has 0 bridgehead atoms. The minimum atomic E-state index is -3.56. The highest BCUT2D eigenvalue weighted by Gasteiger charge is 2.21. The SMILES string of the molecule is CCn1c(COC(=O)c2sc3ccccc3c2C)nc2cc(S(=O)(=O)N(C)C)ccc21. The Kier molecular flexibility index (Phi) is 5.59. The lowest BCUT2D eigenvalue weighted by Gasteiger charge is -2.11. The third-order valence-corrected chi connectivity index (χ3v) is 8.32. The van der Waals surface area contributed by atoms with Crippen molar-refractivity contribution >= 4 is 48.4 Å². The van der Waals surface area contributed by atoms with Crippen LogP contribution in [0, 0.1) is 6.92 Å². The lowest BCUT2D eigenvalue weighted by molar-refractivity contribution is 0.0464. The number of esters is 1. The lowest BCUT2D eigenvalue weighted by Crippen LogP contribution is -2.22. The van der Waals surface area contributed by atoms with Crippen LogP contribution in [0.1, 0.15) is 28.0 Å². The summed E-state index contributed by atoms with van der Waals surface area (Å²) >= 11 is 1.42. The van der Waals surface area contributed by atoms with Crippen molar-refractivity contribution in [1.29, 1.82) is 0 Å². The molecule has 0 atom stereocenters. The number of ether oxygens (including phenoxy) is 1. The molecule has 0 aliphatic carbocycles. The summed E-state index contributed by atoms with van der Waals surface area (Å²) in [6.07, 6.45) is 0. The standard InChI is InChI=1S/C22H23N3O4S2/c1-5-25-18-11-10-15(31(27,28)24(3)4)12-17(18)23-20(25)13-29-22(26)21-14(2)16-8-6-7-9-19(16)30-21/h6-12H,5,13H2,1-4H3. The molecule has 0 spiro atoms. The quantitative estimate of drug-likeness (QED) is 0.406. The fraction of sp³-hybridized carbons (Fsp3) is 0.273. The van der Waals surface area contributed by atoms with Gasteiger partial charge >= 0.3 is 5.97 Å². The first-order chi connectivity index (χ1) is 14.7. The second-order valence-electron chi connectivity index (χ2n) is 7.34. The topological polar surface area (TPSA) is 81.5 Å². The van der Waals surface area contributed by atoms with Crippen LogP contribution in [0.15, 0.2) is 47.4 Å². The number of benzene rings is 2. The second kappa shape index (κ2) is 8.07. The highest BCUT2D eigenvalue weighted by Crippen LogP contribution is 2.31. The van der Waals surface area contributed by atoms with E-state index in [0.29, 0.717) is 22.8 Å². The number of hydrogen-bond acceptors (Lipinski definition) is 6. The van der Waals surface area contributed by atoms with Crippen LogP contribution < -0.4 is 0 Å². The Morgan fingerprint density at radius 1 is 1.19 bits per heavy atom. The first-order valence-corrected chi connectivity index (χ1v) is 12.1. The summed E-state index contributed by atoms with van der Waals surface area (Å²) in [7, 11) is -0.576. The molecule has 0 unspecified atom stereocenters. The maximum Gasteiger partial charge on any atom is 0.349 e. The average Bonchev–Trinajstić information content (AvgIpc) is 3.28. The van der Waals surface area contributed by atoms with Crippen LogP contribution in [0.2, 0.25) is 0 Å². The molecule has 0 saturated carbocycles. The van der Waals surface area contributed by atoms with Crippen molar-refractivity contribution in [2.45, 2.75) is 31.9 Å². The number of fused-ring (bicyclic) bond motifs is 2. The fourth-order valence-corrected chi connectivity index (χ4v) is 5.58. The lowest BCUT2D eigenvalue weighted by atomic mass is 10.1. The number of aromatic nitrogens is 2. The molecule has 7 nitrogen and oxygen atoms in total. The first kappa shape index (κ1) is 21.5. The van der Waals surface area contributed by atoms with Gasteiger partial charge in [-0.2, -0.15) is 0 Å². The minimum Gasteiger partial charge on any atom is -0.453 e. The van der Waals surface area contributed by atoms with Crippen LogP contribution in [0.5, 0.6) is 0 Å². The molecule has 0 aliphatic heterocycles. The van der Waals surface area contributed by atoms with Crippen molar-refractivity contribution in [3.05, 3.63) is 58.7 Å². The van der Waals surface area contributed by atoms with Crippen molar-refractivity contribution < 1.29 is 17.9 Å². The van der Waals surface area contributed by atoms with Gasteiger partial charge in [0.25, 0.3) is 0 Å². The van der Waals surface area contributed by atoms with Gasteiger partial charge in [0.05, 0.1) is 15.9 Å². The molecule has 0 saturated heterocycles. The molecule has 162 valence electrons. The van der Waals surface area contributed by atoms with E-state index in [-0.39, 0.29) is 17.5 Å². The Morgan fingerprint density at radius 2 is 1.94 bits per heavy atom. The van der Waals surface area contributed by atoms with E-state index >= 15 is 0 Å². The first-order valence-electron chi connectivity index (χ1n) is 9.81. The monoisotopic (exact) mass is 457 g/mol. The maximum absolute atomic E-state index is 12.8. The van der Waals surface area contributed by atoms with Gasteiger partial charge in [0, 0.05) is 25.3 Å². The molecule has 4 rings (SSSR count). The van der Waals surface area contributed by atoms with Gasteiger partial charge in [-0.15, -0.1) is 11.3 Å². The highest BCUT2D eigenvalue weighted by molar-refractivity contribution is 7.89. The van der Waals surface area contributed by atoms with Gasteiger partial charge in [-0.3, -0.25) is 0 Å². The van der Waals surface area contributed by atoms with Crippen LogP contribution in [0.3, 0.4) is 0 Å². The van der Waals surface area contributed by atoms with Crippen molar-refractivity contribution in [2.24, 2.45) is 0 Å². The summed E-state index contributed by atoms with van der Waals surface area (Å²) in [4.78, 5) is 18.1.